The number of benzene rings is 2. The van der Waals surface area contributed by atoms with E-state index >= 15 is 0 Å². The smallest absolute Gasteiger partial charge is 0.243 e. The van der Waals surface area contributed by atoms with Crippen LogP contribution in [0, 0.1) is 0 Å². The molecule has 1 heterocycles. The molecule has 1 amide bonds. The Hall–Kier alpha value is -3.25. The zero-order valence-electron chi connectivity index (χ0n) is 17.1. The zero-order chi connectivity index (χ0) is 21.5. The van der Waals surface area contributed by atoms with Gasteiger partial charge in [-0.25, -0.2) is 4.98 Å². The number of nitrogens with zero attached hydrogens (tertiary/aromatic N) is 2. The van der Waals surface area contributed by atoms with Crippen molar-refractivity contribution in [3.05, 3.63) is 71.4 Å². The van der Waals surface area contributed by atoms with Gasteiger partial charge in [0.2, 0.25) is 11.8 Å². The van der Waals surface area contributed by atoms with Crippen LogP contribution in [0.4, 0.5) is 5.69 Å². The normalized spacial score (nSPS) is 10.4. The molecular formula is C23H23ClN2O4. The maximum absolute atomic E-state index is 12.6. The van der Waals surface area contributed by atoms with E-state index in [1.807, 2.05) is 25.1 Å². The highest BCUT2D eigenvalue weighted by Gasteiger charge is 2.20. The maximum atomic E-state index is 12.6. The zero-order valence-corrected chi connectivity index (χ0v) is 17.8. The fourth-order valence-corrected chi connectivity index (χ4v) is 3.05. The fourth-order valence-electron chi connectivity index (χ4n) is 2.92. The van der Waals surface area contributed by atoms with Gasteiger partial charge in [-0.1, -0.05) is 11.6 Å². The molecule has 0 fully saturated rings. The van der Waals surface area contributed by atoms with Crippen molar-refractivity contribution in [3.8, 4) is 23.1 Å². The average Bonchev–Trinajstić information content (AvgIpc) is 2.75. The number of hydrogen-bond donors (Lipinski definition) is 0. The number of carbonyl (C=O) groups is 1. The van der Waals surface area contributed by atoms with E-state index in [-0.39, 0.29) is 12.5 Å². The second-order valence-electron chi connectivity index (χ2n) is 6.40. The summed E-state index contributed by atoms with van der Waals surface area (Å²) in [7, 11) is 1.60. The van der Waals surface area contributed by atoms with Gasteiger partial charge in [-0.15, -0.1) is 0 Å². The molecule has 0 bridgehead atoms. The lowest BCUT2D eigenvalue weighted by atomic mass is 10.1. The van der Waals surface area contributed by atoms with Crippen LogP contribution < -0.4 is 19.1 Å². The van der Waals surface area contributed by atoms with Gasteiger partial charge in [-0.05, 0) is 61.5 Å². The number of halogens is 1. The average molecular weight is 427 g/mol. The van der Waals surface area contributed by atoms with Gasteiger partial charge in [0.05, 0.1) is 20.3 Å². The minimum absolute atomic E-state index is 0.158. The summed E-state index contributed by atoms with van der Waals surface area (Å²) in [6.45, 7) is 4.19. The van der Waals surface area contributed by atoms with E-state index in [4.69, 9.17) is 25.8 Å². The Balaban J connectivity index is 1.96. The fraction of sp³-hybridized carbons (Fsp3) is 0.217. The Morgan fingerprint density at radius 1 is 1.10 bits per heavy atom. The number of amides is 1. The number of hydrogen-bond acceptors (Lipinski definition) is 5. The van der Waals surface area contributed by atoms with Crippen molar-refractivity contribution in [1.29, 1.82) is 0 Å². The summed E-state index contributed by atoms with van der Waals surface area (Å²) in [6, 6.07) is 16.0. The summed E-state index contributed by atoms with van der Waals surface area (Å²) in [4.78, 5) is 18.5. The van der Waals surface area contributed by atoms with Crippen LogP contribution in [0.5, 0.6) is 23.1 Å². The predicted molar refractivity (Wildman–Crippen MR) is 117 cm³/mol. The minimum Gasteiger partial charge on any atom is -0.497 e. The molecule has 0 aliphatic heterocycles. The molecule has 0 N–H and O–H groups in total. The lowest BCUT2D eigenvalue weighted by Crippen LogP contribution is -2.28. The lowest BCUT2D eigenvalue weighted by molar-refractivity contribution is -0.116. The maximum Gasteiger partial charge on any atom is 0.243 e. The number of pyridine rings is 1. The number of ether oxygens (including phenoxy) is 3. The van der Waals surface area contributed by atoms with Crippen LogP contribution >= 0.6 is 11.6 Å². The first-order valence-electron chi connectivity index (χ1n) is 9.48. The topological polar surface area (TPSA) is 60.9 Å². The van der Waals surface area contributed by atoms with Crippen molar-refractivity contribution in [3.63, 3.8) is 0 Å². The first-order chi connectivity index (χ1) is 14.5. The summed E-state index contributed by atoms with van der Waals surface area (Å²) in [5, 5.41) is 0.607. The molecule has 7 heteroatoms. The Bertz CT molecular complexity index is 1010. The van der Waals surface area contributed by atoms with E-state index in [1.165, 1.54) is 6.92 Å². The van der Waals surface area contributed by atoms with Crippen molar-refractivity contribution < 1.29 is 19.0 Å². The molecule has 1 aromatic heterocycles. The monoisotopic (exact) mass is 426 g/mol. The summed E-state index contributed by atoms with van der Waals surface area (Å²) in [5.74, 6) is 2.10. The molecule has 0 unspecified atom stereocenters. The van der Waals surface area contributed by atoms with Gasteiger partial charge in [0.25, 0.3) is 0 Å². The first-order valence-corrected chi connectivity index (χ1v) is 9.86. The molecule has 0 atom stereocenters. The summed E-state index contributed by atoms with van der Waals surface area (Å²) < 4.78 is 17.0. The van der Waals surface area contributed by atoms with Crippen molar-refractivity contribution in [2.45, 2.75) is 20.4 Å². The van der Waals surface area contributed by atoms with Gasteiger partial charge in [-0.3, -0.25) is 4.79 Å². The van der Waals surface area contributed by atoms with Crippen LogP contribution in [0.3, 0.4) is 0 Å². The Morgan fingerprint density at radius 2 is 1.83 bits per heavy atom. The highest BCUT2D eigenvalue weighted by atomic mass is 35.5. The quantitative estimate of drug-likeness (QED) is 0.476. The Kier molecular flexibility index (Phi) is 7.14. The van der Waals surface area contributed by atoms with Crippen LogP contribution in [0.15, 0.2) is 60.8 Å². The molecule has 0 aliphatic carbocycles. The largest absolute Gasteiger partial charge is 0.497 e. The molecule has 0 saturated heterocycles. The van der Waals surface area contributed by atoms with Gasteiger partial charge in [-0.2, -0.15) is 0 Å². The van der Waals surface area contributed by atoms with E-state index in [0.29, 0.717) is 40.4 Å². The highest BCUT2D eigenvalue weighted by molar-refractivity contribution is 6.30. The van der Waals surface area contributed by atoms with Gasteiger partial charge in [0.15, 0.2) is 0 Å². The van der Waals surface area contributed by atoms with Crippen LogP contribution in [0.1, 0.15) is 19.4 Å². The van der Waals surface area contributed by atoms with E-state index in [1.54, 1.807) is 54.6 Å². The van der Waals surface area contributed by atoms with E-state index in [0.717, 1.165) is 5.56 Å². The predicted octanol–water partition coefficient (Wildman–Crippen LogP) is 5.49. The molecule has 0 aliphatic rings. The summed E-state index contributed by atoms with van der Waals surface area (Å²) in [6.07, 6.45) is 1.62. The van der Waals surface area contributed by atoms with E-state index in [2.05, 4.69) is 4.98 Å². The third-order valence-corrected chi connectivity index (χ3v) is 4.60. The van der Waals surface area contributed by atoms with Crippen molar-refractivity contribution in [1.82, 2.24) is 4.98 Å². The molecular weight excluding hydrogens is 404 g/mol. The number of rotatable bonds is 8. The second-order valence-corrected chi connectivity index (χ2v) is 6.83. The third-order valence-electron chi connectivity index (χ3n) is 4.35. The highest BCUT2D eigenvalue weighted by Crippen LogP contribution is 2.33. The first kappa shape index (κ1) is 21.5. The number of anilines is 1. The number of methoxy groups -OCH3 is 1. The molecule has 0 saturated carbocycles. The molecule has 3 rings (SSSR count). The van der Waals surface area contributed by atoms with Gasteiger partial charge < -0.3 is 19.1 Å². The summed E-state index contributed by atoms with van der Waals surface area (Å²) in [5.41, 5.74) is 1.36. The minimum atomic E-state index is -0.158. The molecule has 0 spiro atoms. The van der Waals surface area contributed by atoms with Crippen molar-refractivity contribution in [2.75, 3.05) is 18.6 Å². The molecule has 156 valence electrons. The van der Waals surface area contributed by atoms with Gasteiger partial charge in [0.1, 0.15) is 22.9 Å². The Labute approximate surface area is 181 Å². The van der Waals surface area contributed by atoms with Crippen LogP contribution in [0.25, 0.3) is 0 Å². The van der Waals surface area contributed by atoms with E-state index in [9.17, 15) is 4.79 Å². The standard InChI is InChI=1S/C23H23ClN2O4/c1-4-29-22-12-11-20(28-3)14-17(22)15-26(16(2)27)21-6-5-13-25-23(21)30-19-9-7-18(24)8-10-19/h5-14H,4,15H2,1-3H3. The molecule has 6 nitrogen and oxygen atoms in total. The third kappa shape index (κ3) is 5.21. The van der Waals surface area contributed by atoms with Crippen molar-refractivity contribution in [2.24, 2.45) is 0 Å². The Morgan fingerprint density at radius 3 is 2.50 bits per heavy atom. The second kappa shape index (κ2) is 9.98. The number of carbonyl (C=O) groups excluding carboxylic acids is 1. The van der Waals surface area contributed by atoms with Gasteiger partial charge in [0, 0.05) is 23.7 Å². The molecule has 2 aromatic carbocycles. The van der Waals surface area contributed by atoms with Crippen LogP contribution in [0.2, 0.25) is 5.02 Å². The molecule has 0 radical (unpaired) electrons. The van der Waals surface area contributed by atoms with Crippen molar-refractivity contribution >= 4 is 23.2 Å². The van der Waals surface area contributed by atoms with Crippen LogP contribution in [-0.4, -0.2) is 24.6 Å². The number of aromatic nitrogens is 1. The van der Waals surface area contributed by atoms with Gasteiger partial charge >= 0.3 is 0 Å². The SMILES string of the molecule is CCOc1ccc(OC)cc1CN(C(C)=O)c1cccnc1Oc1ccc(Cl)cc1. The van der Waals surface area contributed by atoms with Crippen LogP contribution in [-0.2, 0) is 11.3 Å². The molecule has 30 heavy (non-hydrogen) atoms. The lowest BCUT2D eigenvalue weighted by Gasteiger charge is -2.24. The molecule has 3 aromatic rings. The summed E-state index contributed by atoms with van der Waals surface area (Å²) >= 11 is 5.95. The van der Waals surface area contributed by atoms with E-state index < -0.39 is 0 Å².